The van der Waals surface area contributed by atoms with Crippen LogP contribution in [-0.4, -0.2) is 28.0 Å². The van der Waals surface area contributed by atoms with Crippen LogP contribution in [0.4, 0.5) is 5.82 Å². The smallest absolute Gasteiger partial charge is 0.272 e. The van der Waals surface area contributed by atoms with Gasteiger partial charge in [-0.1, -0.05) is 11.6 Å². The Balaban J connectivity index is 2.06. The molecular formula is C14H15ClN4O. The van der Waals surface area contributed by atoms with E-state index in [1.807, 2.05) is 12.1 Å². The van der Waals surface area contributed by atoms with E-state index >= 15 is 0 Å². The number of H-pyrrole nitrogens is 1. The summed E-state index contributed by atoms with van der Waals surface area (Å²) in [6.07, 6.45) is 6.77. The minimum absolute atomic E-state index is 0.171. The average molecular weight is 291 g/mol. The molecule has 0 radical (unpaired) electrons. The van der Waals surface area contributed by atoms with Crippen molar-refractivity contribution in [2.45, 2.75) is 19.3 Å². The summed E-state index contributed by atoms with van der Waals surface area (Å²) in [5.74, 6) is 1.12. The van der Waals surface area contributed by atoms with Gasteiger partial charge in [0.15, 0.2) is 5.82 Å². The van der Waals surface area contributed by atoms with E-state index in [0.717, 1.165) is 31.5 Å². The van der Waals surface area contributed by atoms with Crippen molar-refractivity contribution < 1.29 is 0 Å². The summed E-state index contributed by atoms with van der Waals surface area (Å²) in [6.45, 7) is 1.79. The lowest BCUT2D eigenvalue weighted by Crippen LogP contribution is -2.32. The Bertz CT molecular complexity index is 650. The first-order valence-corrected chi connectivity index (χ1v) is 7.08. The number of nitrogens with one attached hydrogen (secondary N) is 1. The highest BCUT2D eigenvalue weighted by molar-refractivity contribution is 6.32. The standard InChI is InChI=1S/C14H15ClN4O/c15-11-13(19-8-2-1-3-9-19)17-12(18-14(11)20)10-4-6-16-7-5-10/h4-7H,1-3,8-9H2,(H,17,18,20). The molecule has 2 aromatic rings. The summed E-state index contributed by atoms with van der Waals surface area (Å²) in [6, 6.07) is 3.62. The van der Waals surface area contributed by atoms with E-state index in [4.69, 9.17) is 11.6 Å². The lowest BCUT2D eigenvalue weighted by molar-refractivity contribution is 0.573. The summed E-state index contributed by atoms with van der Waals surface area (Å²) < 4.78 is 0. The highest BCUT2D eigenvalue weighted by atomic mass is 35.5. The Hall–Kier alpha value is -1.88. The third-order valence-corrected chi connectivity index (χ3v) is 3.80. The van der Waals surface area contributed by atoms with Crippen molar-refractivity contribution in [2.24, 2.45) is 0 Å². The van der Waals surface area contributed by atoms with Crippen LogP contribution in [0.3, 0.4) is 0 Å². The van der Waals surface area contributed by atoms with Gasteiger partial charge < -0.3 is 9.88 Å². The van der Waals surface area contributed by atoms with Gasteiger partial charge >= 0.3 is 0 Å². The van der Waals surface area contributed by atoms with Crippen LogP contribution in [0.5, 0.6) is 0 Å². The van der Waals surface area contributed by atoms with Crippen LogP contribution in [-0.2, 0) is 0 Å². The van der Waals surface area contributed by atoms with Crippen LogP contribution in [0.25, 0.3) is 11.4 Å². The number of hydrogen-bond donors (Lipinski definition) is 1. The molecule has 1 aliphatic heterocycles. The Morgan fingerprint density at radius 1 is 1.15 bits per heavy atom. The maximum Gasteiger partial charge on any atom is 0.272 e. The Morgan fingerprint density at radius 3 is 2.55 bits per heavy atom. The van der Waals surface area contributed by atoms with E-state index in [2.05, 4.69) is 19.9 Å². The van der Waals surface area contributed by atoms with E-state index in [1.165, 1.54) is 6.42 Å². The van der Waals surface area contributed by atoms with E-state index in [1.54, 1.807) is 12.4 Å². The van der Waals surface area contributed by atoms with Gasteiger partial charge in [-0.2, -0.15) is 0 Å². The highest BCUT2D eigenvalue weighted by Crippen LogP contribution is 2.25. The second-order valence-corrected chi connectivity index (χ2v) is 5.21. The van der Waals surface area contributed by atoms with Gasteiger partial charge in [0.1, 0.15) is 10.8 Å². The van der Waals surface area contributed by atoms with Gasteiger partial charge in [-0.15, -0.1) is 0 Å². The molecule has 1 fully saturated rings. The van der Waals surface area contributed by atoms with Crippen LogP contribution in [0.1, 0.15) is 19.3 Å². The minimum Gasteiger partial charge on any atom is -0.355 e. The predicted molar refractivity (Wildman–Crippen MR) is 79.2 cm³/mol. The monoisotopic (exact) mass is 290 g/mol. The first-order chi connectivity index (χ1) is 9.75. The maximum absolute atomic E-state index is 12.0. The van der Waals surface area contributed by atoms with Gasteiger partial charge in [0.2, 0.25) is 0 Å². The van der Waals surface area contributed by atoms with Crippen LogP contribution in [0.15, 0.2) is 29.3 Å². The maximum atomic E-state index is 12.0. The molecule has 0 atom stereocenters. The number of aromatic amines is 1. The van der Waals surface area contributed by atoms with Crippen LogP contribution >= 0.6 is 11.6 Å². The number of aromatic nitrogens is 3. The summed E-state index contributed by atoms with van der Waals surface area (Å²) in [7, 11) is 0. The quantitative estimate of drug-likeness (QED) is 0.923. The van der Waals surface area contributed by atoms with Crippen molar-refractivity contribution in [3.8, 4) is 11.4 Å². The Morgan fingerprint density at radius 2 is 1.85 bits per heavy atom. The number of nitrogens with zero attached hydrogens (tertiary/aromatic N) is 3. The molecule has 0 saturated carbocycles. The fraction of sp³-hybridized carbons (Fsp3) is 0.357. The van der Waals surface area contributed by atoms with Crippen molar-refractivity contribution in [3.05, 3.63) is 39.9 Å². The predicted octanol–water partition coefficient (Wildman–Crippen LogP) is 2.48. The minimum atomic E-state index is -0.297. The fourth-order valence-electron chi connectivity index (χ4n) is 2.41. The van der Waals surface area contributed by atoms with E-state index < -0.39 is 0 Å². The molecule has 0 bridgehead atoms. The van der Waals surface area contributed by atoms with Crippen LogP contribution < -0.4 is 10.5 Å². The Labute approximate surface area is 121 Å². The van der Waals surface area contributed by atoms with Crippen molar-refractivity contribution in [1.29, 1.82) is 0 Å². The number of halogens is 1. The van der Waals surface area contributed by atoms with Gasteiger partial charge in [0, 0.05) is 31.0 Å². The lowest BCUT2D eigenvalue weighted by atomic mass is 10.1. The van der Waals surface area contributed by atoms with E-state index in [9.17, 15) is 4.79 Å². The molecule has 3 rings (SSSR count). The third-order valence-electron chi connectivity index (χ3n) is 3.45. The number of anilines is 1. The third kappa shape index (κ3) is 2.54. The molecule has 1 N–H and O–H groups in total. The summed E-state index contributed by atoms with van der Waals surface area (Å²) in [5, 5.41) is 0.171. The molecule has 3 heterocycles. The molecule has 20 heavy (non-hydrogen) atoms. The first-order valence-electron chi connectivity index (χ1n) is 6.71. The zero-order valence-corrected chi connectivity index (χ0v) is 11.7. The highest BCUT2D eigenvalue weighted by Gasteiger charge is 2.18. The van der Waals surface area contributed by atoms with Gasteiger partial charge in [-0.05, 0) is 31.4 Å². The van der Waals surface area contributed by atoms with Crippen molar-refractivity contribution in [2.75, 3.05) is 18.0 Å². The number of hydrogen-bond acceptors (Lipinski definition) is 4. The molecule has 2 aromatic heterocycles. The zero-order chi connectivity index (χ0) is 13.9. The SMILES string of the molecule is O=c1[nH]c(-c2ccncc2)nc(N2CCCCC2)c1Cl. The van der Waals surface area contributed by atoms with E-state index in [0.29, 0.717) is 11.6 Å². The summed E-state index contributed by atoms with van der Waals surface area (Å²) in [5.41, 5.74) is 0.529. The molecule has 0 spiro atoms. The molecule has 1 aliphatic rings. The molecular weight excluding hydrogens is 276 g/mol. The first kappa shape index (κ1) is 13.1. The number of pyridine rings is 1. The topological polar surface area (TPSA) is 61.9 Å². The van der Waals surface area contributed by atoms with Gasteiger partial charge in [-0.25, -0.2) is 4.98 Å². The molecule has 1 saturated heterocycles. The summed E-state index contributed by atoms with van der Waals surface area (Å²) in [4.78, 5) is 25.3. The summed E-state index contributed by atoms with van der Waals surface area (Å²) >= 11 is 6.13. The molecule has 0 aliphatic carbocycles. The lowest BCUT2D eigenvalue weighted by Gasteiger charge is -2.28. The second-order valence-electron chi connectivity index (χ2n) is 4.84. The van der Waals surface area contributed by atoms with Crippen molar-refractivity contribution in [3.63, 3.8) is 0 Å². The molecule has 0 amide bonds. The largest absolute Gasteiger partial charge is 0.355 e. The van der Waals surface area contributed by atoms with Crippen LogP contribution in [0, 0.1) is 0 Å². The zero-order valence-electron chi connectivity index (χ0n) is 11.0. The number of rotatable bonds is 2. The molecule has 0 aromatic carbocycles. The molecule has 104 valence electrons. The van der Waals surface area contributed by atoms with Crippen molar-refractivity contribution in [1.82, 2.24) is 15.0 Å². The molecule has 6 heteroatoms. The molecule has 5 nitrogen and oxygen atoms in total. The Kier molecular flexibility index (Phi) is 3.69. The number of piperidine rings is 1. The van der Waals surface area contributed by atoms with Gasteiger partial charge in [0.25, 0.3) is 5.56 Å². The van der Waals surface area contributed by atoms with Gasteiger partial charge in [0.05, 0.1) is 0 Å². The second kappa shape index (κ2) is 5.63. The molecule has 0 unspecified atom stereocenters. The van der Waals surface area contributed by atoms with Crippen molar-refractivity contribution >= 4 is 17.4 Å². The van der Waals surface area contributed by atoms with E-state index in [-0.39, 0.29) is 10.6 Å². The average Bonchev–Trinajstić information content (AvgIpc) is 2.51. The fourth-order valence-corrected chi connectivity index (χ4v) is 2.62. The normalized spacial score (nSPS) is 15.3. The van der Waals surface area contributed by atoms with Gasteiger partial charge in [-0.3, -0.25) is 9.78 Å². The van der Waals surface area contributed by atoms with Crippen LogP contribution in [0.2, 0.25) is 5.02 Å².